The minimum absolute atomic E-state index is 0.0339. The molecule has 3 aromatic rings. The minimum atomic E-state index is -0.0476. The summed E-state index contributed by atoms with van der Waals surface area (Å²) in [5, 5.41) is 13.0. The summed E-state index contributed by atoms with van der Waals surface area (Å²) in [6, 6.07) is 12.5. The number of piperazine rings is 1. The summed E-state index contributed by atoms with van der Waals surface area (Å²) in [5.74, 6) is 1.26. The molecule has 1 saturated carbocycles. The molecular weight excluding hydrogens is 404 g/mol. The van der Waals surface area contributed by atoms with Crippen molar-refractivity contribution in [1.82, 2.24) is 30.0 Å². The Morgan fingerprint density at radius 1 is 1.03 bits per heavy atom. The molecule has 2 fully saturated rings. The Labute approximate surface area is 188 Å². The van der Waals surface area contributed by atoms with E-state index in [2.05, 4.69) is 56.3 Å². The van der Waals surface area contributed by atoms with E-state index >= 15 is 0 Å². The predicted molar refractivity (Wildman–Crippen MR) is 119 cm³/mol. The summed E-state index contributed by atoms with van der Waals surface area (Å²) in [4.78, 5) is 17.0. The van der Waals surface area contributed by atoms with Crippen molar-refractivity contribution >= 4 is 5.91 Å². The second-order valence-corrected chi connectivity index (χ2v) is 8.89. The predicted octanol–water partition coefficient (Wildman–Crippen LogP) is 3.63. The van der Waals surface area contributed by atoms with E-state index < -0.39 is 0 Å². The van der Waals surface area contributed by atoms with Crippen molar-refractivity contribution in [3.05, 3.63) is 65.4 Å². The highest BCUT2D eigenvalue weighted by Gasteiger charge is 2.34. The van der Waals surface area contributed by atoms with Gasteiger partial charge in [-0.15, -0.1) is 5.10 Å². The number of carbonyl (C=O) groups excluding carboxylic acids is 1. The molecule has 0 N–H and O–H groups in total. The Hall–Kier alpha value is -3.00. The Kier molecular flexibility index (Phi) is 6.03. The van der Waals surface area contributed by atoms with Crippen LogP contribution in [0.4, 0.5) is 0 Å². The van der Waals surface area contributed by atoms with Gasteiger partial charge in [0.1, 0.15) is 0 Å². The summed E-state index contributed by atoms with van der Waals surface area (Å²) in [5.41, 5.74) is 2.42. The van der Waals surface area contributed by atoms with E-state index in [-0.39, 0.29) is 11.9 Å². The lowest BCUT2D eigenvalue weighted by atomic mass is 9.95. The first-order valence-corrected chi connectivity index (χ1v) is 11.6. The zero-order chi connectivity index (χ0) is 21.9. The van der Waals surface area contributed by atoms with Crippen LogP contribution in [0.1, 0.15) is 71.7 Å². The minimum Gasteiger partial charge on any atom is -0.459 e. The van der Waals surface area contributed by atoms with Gasteiger partial charge in [0, 0.05) is 26.2 Å². The number of tetrazole rings is 1. The zero-order valence-electron chi connectivity index (χ0n) is 18.6. The Bertz CT molecular complexity index is 1020. The average Bonchev–Trinajstić information content (AvgIpc) is 3.54. The van der Waals surface area contributed by atoms with E-state index in [1.54, 1.807) is 18.4 Å². The third-order valence-corrected chi connectivity index (χ3v) is 6.78. The van der Waals surface area contributed by atoms with E-state index in [0.29, 0.717) is 24.9 Å². The summed E-state index contributed by atoms with van der Waals surface area (Å²) >= 11 is 0. The zero-order valence-corrected chi connectivity index (χ0v) is 18.6. The fourth-order valence-electron chi connectivity index (χ4n) is 4.98. The van der Waals surface area contributed by atoms with Crippen molar-refractivity contribution in [1.29, 1.82) is 0 Å². The monoisotopic (exact) mass is 434 g/mol. The number of hydrogen-bond acceptors (Lipinski definition) is 6. The van der Waals surface area contributed by atoms with Gasteiger partial charge < -0.3 is 9.32 Å². The molecule has 0 unspecified atom stereocenters. The van der Waals surface area contributed by atoms with Crippen molar-refractivity contribution in [2.75, 3.05) is 26.2 Å². The van der Waals surface area contributed by atoms with Crippen molar-refractivity contribution in [2.45, 2.75) is 51.1 Å². The van der Waals surface area contributed by atoms with Crippen LogP contribution in [0.3, 0.4) is 0 Å². The third kappa shape index (κ3) is 4.19. The first-order valence-electron chi connectivity index (χ1n) is 11.6. The number of benzene rings is 1. The van der Waals surface area contributed by atoms with Crippen LogP contribution in [0.5, 0.6) is 0 Å². The number of furan rings is 1. The van der Waals surface area contributed by atoms with E-state index in [9.17, 15) is 4.79 Å². The van der Waals surface area contributed by atoms with E-state index in [0.717, 1.165) is 31.8 Å². The molecule has 168 valence electrons. The van der Waals surface area contributed by atoms with Crippen LogP contribution >= 0.6 is 0 Å². The van der Waals surface area contributed by atoms with Crippen molar-refractivity contribution < 1.29 is 9.21 Å². The number of aromatic nitrogens is 4. The lowest BCUT2D eigenvalue weighted by Crippen LogP contribution is -2.50. The van der Waals surface area contributed by atoms with Crippen molar-refractivity contribution in [2.24, 2.45) is 0 Å². The average molecular weight is 435 g/mol. The number of aryl methyl sites for hydroxylation is 1. The molecule has 1 aromatic carbocycles. The van der Waals surface area contributed by atoms with Gasteiger partial charge >= 0.3 is 0 Å². The molecule has 3 heterocycles. The molecule has 0 radical (unpaired) electrons. The highest BCUT2D eigenvalue weighted by Crippen LogP contribution is 2.33. The van der Waals surface area contributed by atoms with Gasteiger partial charge in [0.05, 0.1) is 18.3 Å². The Morgan fingerprint density at radius 2 is 1.78 bits per heavy atom. The maximum atomic E-state index is 12.7. The quantitative estimate of drug-likeness (QED) is 0.610. The molecule has 1 aliphatic heterocycles. The fraction of sp³-hybridized carbons (Fsp3) is 0.500. The number of nitrogens with zero attached hydrogens (tertiary/aromatic N) is 6. The SMILES string of the molecule is Cc1ccc([C@@H](c2nnnn2C2CCCCC2)N2CCN(C(=O)c3ccco3)CC2)cc1. The van der Waals surface area contributed by atoms with Crippen LogP contribution in [0.25, 0.3) is 0 Å². The van der Waals surface area contributed by atoms with Crippen LogP contribution in [0.2, 0.25) is 0 Å². The van der Waals surface area contributed by atoms with Crippen LogP contribution in [0.15, 0.2) is 47.1 Å². The summed E-state index contributed by atoms with van der Waals surface area (Å²) in [6.07, 6.45) is 7.55. The molecule has 2 aromatic heterocycles. The maximum Gasteiger partial charge on any atom is 0.289 e. The van der Waals surface area contributed by atoms with E-state index in [1.165, 1.54) is 30.4 Å². The summed E-state index contributed by atoms with van der Waals surface area (Å²) < 4.78 is 7.38. The molecule has 8 heteroatoms. The van der Waals surface area contributed by atoms with Crippen molar-refractivity contribution in [3.63, 3.8) is 0 Å². The smallest absolute Gasteiger partial charge is 0.289 e. The third-order valence-electron chi connectivity index (χ3n) is 6.78. The van der Waals surface area contributed by atoms with Gasteiger partial charge in [-0.05, 0) is 47.9 Å². The van der Waals surface area contributed by atoms with Gasteiger partial charge in [0.15, 0.2) is 11.6 Å². The lowest BCUT2D eigenvalue weighted by Gasteiger charge is -2.39. The maximum absolute atomic E-state index is 12.7. The fourth-order valence-corrected chi connectivity index (χ4v) is 4.98. The van der Waals surface area contributed by atoms with Gasteiger partial charge in [0.25, 0.3) is 5.91 Å². The number of carbonyl (C=O) groups is 1. The molecule has 1 aliphatic carbocycles. The number of rotatable bonds is 5. The second-order valence-electron chi connectivity index (χ2n) is 8.89. The molecule has 0 bridgehead atoms. The van der Waals surface area contributed by atoms with E-state index in [1.807, 2.05) is 4.90 Å². The molecule has 1 saturated heterocycles. The Balaban J connectivity index is 1.40. The summed E-state index contributed by atoms with van der Waals surface area (Å²) in [7, 11) is 0. The van der Waals surface area contributed by atoms with Gasteiger partial charge in [-0.3, -0.25) is 9.69 Å². The Morgan fingerprint density at radius 3 is 2.47 bits per heavy atom. The van der Waals surface area contributed by atoms with Gasteiger partial charge in [-0.2, -0.15) is 0 Å². The lowest BCUT2D eigenvalue weighted by molar-refractivity contribution is 0.0557. The highest BCUT2D eigenvalue weighted by atomic mass is 16.3. The number of hydrogen-bond donors (Lipinski definition) is 0. The standard InChI is InChI=1S/C24H30N6O2/c1-18-9-11-19(12-10-18)22(23-25-26-27-30(23)20-6-3-2-4-7-20)28-13-15-29(16-14-28)24(31)21-8-5-17-32-21/h5,8-12,17,20,22H,2-4,6-7,13-16H2,1H3/t22-/m0/s1. The van der Waals surface area contributed by atoms with Crippen LogP contribution in [0, 0.1) is 6.92 Å². The molecular formula is C24H30N6O2. The largest absolute Gasteiger partial charge is 0.459 e. The molecule has 0 spiro atoms. The normalized spacial score (nSPS) is 19.2. The van der Waals surface area contributed by atoms with Crippen molar-refractivity contribution in [3.8, 4) is 0 Å². The second kappa shape index (κ2) is 9.24. The molecule has 8 nitrogen and oxygen atoms in total. The summed E-state index contributed by atoms with van der Waals surface area (Å²) in [6.45, 7) is 4.90. The van der Waals surface area contributed by atoms with Crippen LogP contribution < -0.4 is 0 Å². The van der Waals surface area contributed by atoms with Gasteiger partial charge in [-0.1, -0.05) is 49.1 Å². The molecule has 2 aliphatic rings. The van der Waals surface area contributed by atoms with Crippen LogP contribution in [-0.4, -0.2) is 62.1 Å². The van der Waals surface area contributed by atoms with E-state index in [4.69, 9.17) is 4.42 Å². The highest BCUT2D eigenvalue weighted by molar-refractivity contribution is 5.91. The molecule has 1 atom stereocenters. The number of amides is 1. The van der Waals surface area contributed by atoms with Gasteiger partial charge in [-0.25, -0.2) is 4.68 Å². The van der Waals surface area contributed by atoms with Gasteiger partial charge in [0.2, 0.25) is 0 Å². The molecule has 32 heavy (non-hydrogen) atoms. The van der Waals surface area contributed by atoms with Crippen LogP contribution in [-0.2, 0) is 0 Å². The molecule has 5 rings (SSSR count). The first-order chi connectivity index (χ1) is 15.7. The molecule has 1 amide bonds. The topological polar surface area (TPSA) is 80.3 Å². The first kappa shape index (κ1) is 20.9.